The Morgan fingerprint density at radius 1 is 1.45 bits per heavy atom. The van der Waals surface area contributed by atoms with E-state index in [1.54, 1.807) is 23.0 Å². The van der Waals surface area contributed by atoms with Crippen molar-refractivity contribution in [1.82, 2.24) is 20.5 Å². The molecule has 2 aromatic rings. The van der Waals surface area contributed by atoms with Crippen LogP contribution < -0.4 is 10.6 Å². The third-order valence-corrected chi connectivity index (χ3v) is 3.78. The Morgan fingerprint density at radius 2 is 2.23 bits per heavy atom. The molecular formula is C14H21N5O2S. The van der Waals surface area contributed by atoms with Gasteiger partial charge in [-0.15, -0.1) is 11.3 Å². The molecule has 1 atom stereocenters. The first kappa shape index (κ1) is 16.4. The largest absolute Gasteiger partial charge is 0.444 e. The molecule has 0 spiro atoms. The van der Waals surface area contributed by atoms with E-state index in [0.717, 1.165) is 10.4 Å². The summed E-state index contributed by atoms with van der Waals surface area (Å²) in [7, 11) is 0. The molecular weight excluding hydrogens is 302 g/mol. The molecule has 0 aliphatic heterocycles. The first-order valence-corrected chi connectivity index (χ1v) is 7.87. The number of hydrogen-bond acceptors (Lipinski definition) is 6. The predicted octanol–water partition coefficient (Wildman–Crippen LogP) is 3.06. The van der Waals surface area contributed by atoms with Gasteiger partial charge in [-0.25, -0.2) is 4.79 Å². The highest BCUT2D eigenvalue weighted by Crippen LogP contribution is 2.19. The van der Waals surface area contributed by atoms with Crippen LogP contribution in [0.2, 0.25) is 0 Å². The Balaban J connectivity index is 1.91. The minimum absolute atomic E-state index is 0.178. The molecule has 0 aliphatic rings. The first-order chi connectivity index (χ1) is 10.3. The van der Waals surface area contributed by atoms with Crippen LogP contribution in [0.5, 0.6) is 0 Å². The second kappa shape index (κ2) is 6.89. The molecule has 2 heterocycles. The summed E-state index contributed by atoms with van der Waals surface area (Å²) in [6, 6.07) is 0.178. The quantitative estimate of drug-likeness (QED) is 0.786. The highest BCUT2D eigenvalue weighted by Gasteiger charge is 2.18. The number of nitrogens with zero attached hydrogens (tertiary/aromatic N) is 2. The van der Waals surface area contributed by atoms with Crippen LogP contribution in [-0.2, 0) is 11.3 Å². The van der Waals surface area contributed by atoms with E-state index in [0.29, 0.717) is 12.4 Å². The third kappa shape index (κ3) is 4.81. The number of rotatable bonds is 5. The van der Waals surface area contributed by atoms with Gasteiger partial charge >= 0.3 is 6.09 Å². The zero-order valence-electron chi connectivity index (χ0n) is 13.1. The Labute approximate surface area is 133 Å². The topological polar surface area (TPSA) is 91.9 Å². The molecule has 7 nitrogen and oxygen atoms in total. The Bertz CT molecular complexity index is 603. The minimum atomic E-state index is -0.538. The summed E-state index contributed by atoms with van der Waals surface area (Å²) >= 11 is 1.60. The van der Waals surface area contributed by atoms with Crippen molar-refractivity contribution >= 4 is 23.2 Å². The summed E-state index contributed by atoms with van der Waals surface area (Å²) in [5.41, 5.74) is 2.13. The van der Waals surface area contributed by atoms with Gasteiger partial charge in [0, 0.05) is 29.2 Å². The van der Waals surface area contributed by atoms with E-state index in [-0.39, 0.29) is 6.04 Å². The molecule has 0 aromatic carbocycles. The zero-order valence-corrected chi connectivity index (χ0v) is 14.0. The summed E-state index contributed by atoms with van der Waals surface area (Å²) in [5.74, 6) is 0.540. The highest BCUT2D eigenvalue weighted by atomic mass is 32.1. The first-order valence-electron chi connectivity index (χ1n) is 6.99. The lowest BCUT2D eigenvalue weighted by Crippen LogP contribution is -2.28. The number of anilines is 1. The molecule has 22 heavy (non-hydrogen) atoms. The lowest BCUT2D eigenvalue weighted by atomic mass is 10.2. The standard InChI is InChI=1S/C14H21N5O2S/c1-9(11-7-15-8-22-11)16-5-10-6-17-19-12(10)18-13(20)21-14(2,3)4/h6-9,16H,5H2,1-4H3,(H2,17,18,19,20). The fourth-order valence-corrected chi connectivity index (χ4v) is 2.41. The number of amides is 1. The summed E-state index contributed by atoms with van der Waals surface area (Å²) in [6.45, 7) is 8.09. The fraction of sp³-hybridized carbons (Fsp3) is 0.500. The molecule has 2 rings (SSSR count). The summed E-state index contributed by atoms with van der Waals surface area (Å²) in [6.07, 6.45) is 3.02. The fourth-order valence-electron chi connectivity index (χ4n) is 1.76. The second-order valence-corrected chi connectivity index (χ2v) is 6.82. The lowest BCUT2D eigenvalue weighted by Gasteiger charge is -2.19. The number of aromatic nitrogens is 3. The van der Waals surface area contributed by atoms with Crippen molar-refractivity contribution < 1.29 is 9.53 Å². The van der Waals surface area contributed by atoms with E-state index >= 15 is 0 Å². The van der Waals surface area contributed by atoms with Crippen LogP contribution in [0, 0.1) is 0 Å². The van der Waals surface area contributed by atoms with E-state index < -0.39 is 11.7 Å². The molecule has 0 saturated heterocycles. The van der Waals surface area contributed by atoms with E-state index in [1.165, 1.54) is 0 Å². The van der Waals surface area contributed by atoms with Crippen LogP contribution >= 0.6 is 11.3 Å². The minimum Gasteiger partial charge on any atom is -0.444 e. The number of carbonyl (C=O) groups is 1. The van der Waals surface area contributed by atoms with Crippen LogP contribution in [0.3, 0.4) is 0 Å². The number of ether oxygens (including phenoxy) is 1. The van der Waals surface area contributed by atoms with Crippen LogP contribution in [-0.4, -0.2) is 26.9 Å². The SMILES string of the molecule is CC(NCc1cn[nH]c1NC(=O)OC(C)(C)C)c1cncs1. The molecule has 0 saturated carbocycles. The summed E-state index contributed by atoms with van der Waals surface area (Å²) < 4.78 is 5.23. The van der Waals surface area contributed by atoms with E-state index in [4.69, 9.17) is 4.74 Å². The summed E-state index contributed by atoms with van der Waals surface area (Å²) in [4.78, 5) is 17.0. The maximum absolute atomic E-state index is 11.8. The maximum atomic E-state index is 11.8. The van der Waals surface area contributed by atoms with E-state index in [2.05, 4.69) is 32.7 Å². The average molecular weight is 323 g/mol. The van der Waals surface area contributed by atoms with Gasteiger partial charge in [-0.05, 0) is 27.7 Å². The van der Waals surface area contributed by atoms with Gasteiger partial charge in [0.1, 0.15) is 11.4 Å². The summed E-state index contributed by atoms with van der Waals surface area (Å²) in [5, 5.41) is 12.8. The van der Waals surface area contributed by atoms with Crippen molar-refractivity contribution in [2.75, 3.05) is 5.32 Å². The monoisotopic (exact) mass is 323 g/mol. The third-order valence-electron chi connectivity index (χ3n) is 2.82. The molecule has 3 N–H and O–H groups in total. The van der Waals surface area contributed by atoms with Gasteiger partial charge in [0.25, 0.3) is 0 Å². The van der Waals surface area contributed by atoms with E-state index in [1.807, 2.05) is 27.0 Å². The lowest BCUT2D eigenvalue weighted by molar-refractivity contribution is 0.0635. The van der Waals surface area contributed by atoms with Crippen molar-refractivity contribution in [2.45, 2.75) is 45.9 Å². The number of H-pyrrole nitrogens is 1. The molecule has 1 unspecified atom stereocenters. The van der Waals surface area contributed by atoms with Gasteiger partial charge in [-0.2, -0.15) is 5.10 Å². The van der Waals surface area contributed by atoms with Crippen molar-refractivity contribution in [1.29, 1.82) is 0 Å². The van der Waals surface area contributed by atoms with Crippen LogP contribution in [0.25, 0.3) is 0 Å². The van der Waals surface area contributed by atoms with Crippen molar-refractivity contribution in [2.24, 2.45) is 0 Å². The molecule has 120 valence electrons. The molecule has 0 radical (unpaired) electrons. The van der Waals surface area contributed by atoms with Crippen LogP contribution in [0.1, 0.15) is 44.2 Å². The van der Waals surface area contributed by atoms with Gasteiger partial charge in [-0.3, -0.25) is 15.4 Å². The number of hydrogen-bond donors (Lipinski definition) is 3. The number of aromatic amines is 1. The number of carbonyl (C=O) groups excluding carboxylic acids is 1. The van der Waals surface area contributed by atoms with Gasteiger partial charge < -0.3 is 10.1 Å². The zero-order chi connectivity index (χ0) is 16.2. The van der Waals surface area contributed by atoms with Gasteiger partial charge in [0.2, 0.25) is 0 Å². The maximum Gasteiger partial charge on any atom is 0.413 e. The molecule has 2 aromatic heterocycles. The molecule has 0 fully saturated rings. The van der Waals surface area contributed by atoms with Crippen molar-refractivity contribution in [3.05, 3.63) is 28.3 Å². The molecule has 0 bridgehead atoms. The Hall–Kier alpha value is -1.93. The van der Waals surface area contributed by atoms with Gasteiger partial charge in [0.05, 0.1) is 11.7 Å². The second-order valence-electron chi connectivity index (χ2n) is 5.90. The van der Waals surface area contributed by atoms with Crippen molar-refractivity contribution in [3.8, 4) is 0 Å². The van der Waals surface area contributed by atoms with Gasteiger partial charge in [0.15, 0.2) is 0 Å². The normalized spacial score (nSPS) is 12.9. The van der Waals surface area contributed by atoms with Crippen LogP contribution in [0.4, 0.5) is 10.6 Å². The average Bonchev–Trinajstić information content (AvgIpc) is 3.04. The van der Waals surface area contributed by atoms with Crippen LogP contribution in [0.15, 0.2) is 17.9 Å². The predicted molar refractivity (Wildman–Crippen MR) is 85.8 cm³/mol. The van der Waals surface area contributed by atoms with Crippen molar-refractivity contribution in [3.63, 3.8) is 0 Å². The van der Waals surface area contributed by atoms with E-state index in [9.17, 15) is 4.79 Å². The smallest absolute Gasteiger partial charge is 0.413 e. The Kier molecular flexibility index (Phi) is 5.15. The molecule has 1 amide bonds. The number of thiazole rings is 1. The number of nitrogens with one attached hydrogen (secondary N) is 3. The van der Waals surface area contributed by atoms with Gasteiger partial charge in [-0.1, -0.05) is 0 Å². The highest BCUT2D eigenvalue weighted by molar-refractivity contribution is 7.09. The molecule has 0 aliphatic carbocycles. The Morgan fingerprint density at radius 3 is 2.86 bits per heavy atom. The molecule has 8 heteroatoms.